The van der Waals surface area contributed by atoms with Crippen molar-refractivity contribution in [3.63, 3.8) is 0 Å². The number of aryl methyl sites for hydroxylation is 2. The molecule has 0 bridgehead atoms. The van der Waals surface area contributed by atoms with E-state index in [1.165, 1.54) is 10.4 Å². The predicted molar refractivity (Wildman–Crippen MR) is 96.3 cm³/mol. The molecular formula is C17H24N4OS. The van der Waals surface area contributed by atoms with Crippen molar-refractivity contribution in [1.29, 1.82) is 0 Å². The molecule has 0 radical (unpaired) electrons. The highest BCUT2D eigenvalue weighted by Crippen LogP contribution is 2.19. The molecule has 124 valence electrons. The first-order valence-electron chi connectivity index (χ1n) is 7.67. The van der Waals surface area contributed by atoms with Crippen LogP contribution in [0.1, 0.15) is 27.9 Å². The number of ether oxygens (including phenoxy) is 1. The van der Waals surface area contributed by atoms with Gasteiger partial charge in [0.25, 0.3) is 0 Å². The predicted octanol–water partition coefficient (Wildman–Crippen LogP) is 2.89. The maximum Gasteiger partial charge on any atom is 0.191 e. The Hall–Kier alpha value is -2.08. The minimum absolute atomic E-state index is 0.654. The van der Waals surface area contributed by atoms with Crippen LogP contribution in [0.5, 0.6) is 5.75 Å². The van der Waals surface area contributed by atoms with Crippen molar-refractivity contribution in [1.82, 2.24) is 15.6 Å². The van der Waals surface area contributed by atoms with Gasteiger partial charge in [0.15, 0.2) is 5.96 Å². The molecule has 0 saturated heterocycles. The highest BCUT2D eigenvalue weighted by Gasteiger charge is 2.06. The van der Waals surface area contributed by atoms with Gasteiger partial charge in [0.1, 0.15) is 10.8 Å². The molecule has 0 amide bonds. The standard InChI is InChI=1S/C17H24N4OS/c1-5-14-10-19-16(23-14)11-21-17(18-3)20-9-13-7-6-12(2)8-15(13)22-4/h6-8,10H,5,9,11H2,1-4H3,(H2,18,20,21). The van der Waals surface area contributed by atoms with Crippen LogP contribution in [0.15, 0.2) is 29.4 Å². The lowest BCUT2D eigenvalue weighted by atomic mass is 10.1. The largest absolute Gasteiger partial charge is 0.496 e. The van der Waals surface area contributed by atoms with Crippen molar-refractivity contribution < 1.29 is 4.74 Å². The monoisotopic (exact) mass is 332 g/mol. The van der Waals surface area contributed by atoms with Crippen LogP contribution in [0, 0.1) is 6.92 Å². The van der Waals surface area contributed by atoms with E-state index in [-0.39, 0.29) is 0 Å². The summed E-state index contributed by atoms with van der Waals surface area (Å²) in [6.07, 6.45) is 2.97. The Bertz CT molecular complexity index is 666. The molecule has 1 aromatic carbocycles. The molecule has 0 fully saturated rings. The van der Waals surface area contributed by atoms with Crippen LogP contribution in [0.3, 0.4) is 0 Å². The molecule has 0 saturated carbocycles. The minimum Gasteiger partial charge on any atom is -0.496 e. The van der Waals surface area contributed by atoms with Crippen LogP contribution >= 0.6 is 11.3 Å². The summed E-state index contributed by atoms with van der Waals surface area (Å²) in [5, 5.41) is 7.66. The zero-order chi connectivity index (χ0) is 16.7. The Morgan fingerprint density at radius 3 is 2.74 bits per heavy atom. The number of nitrogens with one attached hydrogen (secondary N) is 2. The van der Waals surface area contributed by atoms with Crippen LogP contribution in [-0.2, 0) is 19.5 Å². The fraction of sp³-hybridized carbons (Fsp3) is 0.412. The Kier molecular flexibility index (Phi) is 6.40. The first-order chi connectivity index (χ1) is 11.2. The molecule has 2 rings (SSSR count). The van der Waals surface area contributed by atoms with Gasteiger partial charge in [-0.25, -0.2) is 4.98 Å². The molecule has 2 aromatic rings. The van der Waals surface area contributed by atoms with Gasteiger partial charge in [0.2, 0.25) is 0 Å². The molecule has 6 heteroatoms. The third-order valence-electron chi connectivity index (χ3n) is 3.47. The first kappa shape index (κ1) is 17.3. The number of rotatable bonds is 6. The van der Waals surface area contributed by atoms with Crippen LogP contribution < -0.4 is 15.4 Å². The Morgan fingerprint density at radius 2 is 2.09 bits per heavy atom. The SMILES string of the molecule is CCc1cnc(CNC(=NC)NCc2ccc(C)cc2OC)s1. The summed E-state index contributed by atoms with van der Waals surface area (Å²) in [5.74, 6) is 1.64. The Balaban J connectivity index is 1.90. The van der Waals surface area contributed by atoms with Crippen molar-refractivity contribution in [2.24, 2.45) is 4.99 Å². The molecule has 5 nitrogen and oxygen atoms in total. The van der Waals surface area contributed by atoms with Gasteiger partial charge in [-0.15, -0.1) is 11.3 Å². The molecule has 0 spiro atoms. The van der Waals surface area contributed by atoms with E-state index in [9.17, 15) is 0 Å². The Labute approximate surface area is 141 Å². The summed E-state index contributed by atoms with van der Waals surface area (Å²) in [4.78, 5) is 9.95. The maximum atomic E-state index is 5.43. The first-order valence-corrected chi connectivity index (χ1v) is 8.49. The number of thiazole rings is 1. The van der Waals surface area contributed by atoms with E-state index in [4.69, 9.17) is 4.74 Å². The van der Waals surface area contributed by atoms with Gasteiger partial charge in [-0.05, 0) is 25.0 Å². The number of methoxy groups -OCH3 is 1. The number of benzene rings is 1. The zero-order valence-corrected chi connectivity index (χ0v) is 15.0. The van der Waals surface area contributed by atoms with E-state index in [1.807, 2.05) is 12.3 Å². The van der Waals surface area contributed by atoms with Gasteiger partial charge >= 0.3 is 0 Å². The highest BCUT2D eigenvalue weighted by molar-refractivity contribution is 7.11. The second-order valence-corrected chi connectivity index (χ2v) is 6.37. The topological polar surface area (TPSA) is 58.5 Å². The van der Waals surface area contributed by atoms with Gasteiger partial charge in [-0.3, -0.25) is 4.99 Å². The van der Waals surface area contributed by atoms with Crippen LogP contribution in [0.2, 0.25) is 0 Å². The summed E-state index contributed by atoms with van der Waals surface area (Å²) in [5.41, 5.74) is 2.28. The van der Waals surface area contributed by atoms with Crippen molar-refractivity contribution in [3.05, 3.63) is 45.4 Å². The molecule has 2 N–H and O–H groups in total. The van der Waals surface area contributed by atoms with Gasteiger partial charge in [-0.1, -0.05) is 19.1 Å². The van der Waals surface area contributed by atoms with Crippen molar-refractivity contribution in [2.75, 3.05) is 14.2 Å². The number of aromatic nitrogens is 1. The van der Waals surface area contributed by atoms with E-state index in [0.717, 1.165) is 28.7 Å². The third-order valence-corrected chi connectivity index (χ3v) is 4.61. The smallest absolute Gasteiger partial charge is 0.191 e. The number of guanidine groups is 1. The number of nitrogens with zero attached hydrogens (tertiary/aromatic N) is 2. The molecular weight excluding hydrogens is 308 g/mol. The Morgan fingerprint density at radius 1 is 1.30 bits per heavy atom. The third kappa shape index (κ3) is 4.96. The normalized spacial score (nSPS) is 11.4. The van der Waals surface area contributed by atoms with E-state index in [2.05, 4.69) is 46.6 Å². The van der Waals surface area contributed by atoms with Crippen molar-refractivity contribution >= 4 is 17.3 Å². The zero-order valence-electron chi connectivity index (χ0n) is 14.1. The fourth-order valence-corrected chi connectivity index (χ4v) is 2.95. The van der Waals surface area contributed by atoms with Gasteiger partial charge in [0, 0.05) is 30.2 Å². The molecule has 0 atom stereocenters. The number of hydrogen-bond donors (Lipinski definition) is 2. The van der Waals surface area contributed by atoms with E-state index in [1.54, 1.807) is 25.5 Å². The molecule has 0 aliphatic carbocycles. The summed E-state index contributed by atoms with van der Waals surface area (Å²) in [6.45, 7) is 5.52. The number of hydrogen-bond acceptors (Lipinski definition) is 4. The van der Waals surface area contributed by atoms with Gasteiger partial charge in [0.05, 0.1) is 13.7 Å². The molecule has 1 heterocycles. The van der Waals surface area contributed by atoms with Gasteiger partial charge in [-0.2, -0.15) is 0 Å². The molecule has 1 aromatic heterocycles. The minimum atomic E-state index is 0.654. The van der Waals surface area contributed by atoms with Crippen LogP contribution in [-0.4, -0.2) is 25.1 Å². The lowest BCUT2D eigenvalue weighted by molar-refractivity contribution is 0.408. The number of aliphatic imine (C=N–C) groups is 1. The van der Waals surface area contributed by atoms with Crippen LogP contribution in [0.4, 0.5) is 0 Å². The second-order valence-electron chi connectivity index (χ2n) is 5.17. The van der Waals surface area contributed by atoms with Gasteiger partial charge < -0.3 is 15.4 Å². The van der Waals surface area contributed by atoms with E-state index in [0.29, 0.717) is 13.1 Å². The molecule has 23 heavy (non-hydrogen) atoms. The molecule has 0 unspecified atom stereocenters. The second kappa shape index (κ2) is 8.53. The fourth-order valence-electron chi connectivity index (χ4n) is 2.15. The summed E-state index contributed by atoms with van der Waals surface area (Å²) in [6, 6.07) is 6.19. The summed E-state index contributed by atoms with van der Waals surface area (Å²) >= 11 is 1.73. The highest BCUT2D eigenvalue weighted by atomic mass is 32.1. The van der Waals surface area contributed by atoms with Crippen LogP contribution in [0.25, 0.3) is 0 Å². The quantitative estimate of drug-likeness (QED) is 0.631. The van der Waals surface area contributed by atoms with E-state index < -0.39 is 0 Å². The van der Waals surface area contributed by atoms with E-state index >= 15 is 0 Å². The van der Waals surface area contributed by atoms with Crippen molar-refractivity contribution in [2.45, 2.75) is 33.4 Å². The average molecular weight is 332 g/mol. The molecule has 0 aliphatic heterocycles. The summed E-state index contributed by atoms with van der Waals surface area (Å²) in [7, 11) is 3.46. The lowest BCUT2D eigenvalue weighted by Crippen LogP contribution is -2.36. The summed E-state index contributed by atoms with van der Waals surface area (Å²) < 4.78 is 5.43. The van der Waals surface area contributed by atoms with Crippen molar-refractivity contribution in [3.8, 4) is 5.75 Å². The lowest BCUT2D eigenvalue weighted by Gasteiger charge is -2.13. The average Bonchev–Trinajstić information content (AvgIpc) is 3.04. The maximum absolute atomic E-state index is 5.43. The molecule has 0 aliphatic rings.